The maximum atomic E-state index is 14.4. The first-order valence-corrected chi connectivity index (χ1v) is 20.0. The first kappa shape index (κ1) is 33.5. The van der Waals surface area contributed by atoms with Crippen molar-refractivity contribution in [1.82, 2.24) is 9.78 Å². The van der Waals surface area contributed by atoms with Crippen molar-refractivity contribution in [3.8, 4) is 11.4 Å². The third-order valence-electron chi connectivity index (χ3n) is 10.9. The number of hydrogen-bond acceptors (Lipinski definition) is 4. The maximum absolute atomic E-state index is 14.4. The van der Waals surface area contributed by atoms with E-state index in [0.29, 0.717) is 11.8 Å². The molecule has 2 aliphatic carbocycles. The van der Waals surface area contributed by atoms with Crippen molar-refractivity contribution >= 4 is 19.9 Å². The summed E-state index contributed by atoms with van der Waals surface area (Å²) in [5.74, 6) is 2.33. The van der Waals surface area contributed by atoms with Gasteiger partial charge in [0.25, 0.3) is 0 Å². The highest BCUT2D eigenvalue weighted by Gasteiger charge is 2.41. The van der Waals surface area contributed by atoms with Crippen LogP contribution in [0.1, 0.15) is 94.7 Å². The SMILES string of the molecule is COc1ccc([C@H]2CC[C@H](CN(c3cccc(-n4cc(C)cn4)c3)C(=O)[C@H]3CC[C@H](O[Si](C)(C)C(C)(C)C)CC3)CC2)cc1C. The number of nitrogens with zero attached hydrogens (tertiary/aromatic N) is 3. The van der Waals surface area contributed by atoms with Gasteiger partial charge in [-0.25, -0.2) is 4.68 Å². The van der Waals surface area contributed by atoms with E-state index in [1.54, 1.807) is 7.11 Å². The minimum atomic E-state index is -1.83. The molecule has 0 unspecified atom stereocenters. The highest BCUT2D eigenvalue weighted by atomic mass is 28.4. The summed E-state index contributed by atoms with van der Waals surface area (Å²) in [7, 11) is -0.0936. The molecule has 1 heterocycles. The minimum Gasteiger partial charge on any atom is -0.496 e. The molecule has 5 rings (SSSR count). The van der Waals surface area contributed by atoms with Crippen LogP contribution in [0.3, 0.4) is 0 Å². The van der Waals surface area contributed by atoms with Crippen molar-refractivity contribution in [2.75, 3.05) is 18.6 Å². The second kappa shape index (κ2) is 13.8. The zero-order valence-electron chi connectivity index (χ0n) is 28.9. The molecule has 45 heavy (non-hydrogen) atoms. The average molecular weight is 630 g/mol. The Bertz CT molecular complexity index is 1440. The van der Waals surface area contributed by atoms with Gasteiger partial charge < -0.3 is 14.1 Å². The normalized spacial score (nSPS) is 22.7. The highest BCUT2D eigenvalue weighted by molar-refractivity contribution is 6.74. The maximum Gasteiger partial charge on any atom is 0.230 e. The van der Waals surface area contributed by atoms with Crippen molar-refractivity contribution < 1.29 is 14.0 Å². The van der Waals surface area contributed by atoms with Gasteiger partial charge in [-0.05, 0) is 136 Å². The van der Waals surface area contributed by atoms with Gasteiger partial charge in [0.15, 0.2) is 8.32 Å². The molecule has 0 N–H and O–H groups in total. The van der Waals surface area contributed by atoms with E-state index >= 15 is 0 Å². The molecule has 2 aliphatic rings. The fourth-order valence-electron chi connectivity index (χ4n) is 7.01. The van der Waals surface area contributed by atoms with Gasteiger partial charge in [0, 0.05) is 30.5 Å². The van der Waals surface area contributed by atoms with E-state index in [4.69, 9.17) is 9.16 Å². The summed E-state index contributed by atoms with van der Waals surface area (Å²) in [6.07, 6.45) is 12.5. The lowest BCUT2D eigenvalue weighted by molar-refractivity contribution is -0.124. The van der Waals surface area contributed by atoms with Crippen molar-refractivity contribution in [2.24, 2.45) is 11.8 Å². The van der Waals surface area contributed by atoms with Gasteiger partial charge in [0.1, 0.15) is 5.75 Å². The van der Waals surface area contributed by atoms with Crippen LogP contribution in [0.25, 0.3) is 5.69 Å². The Morgan fingerprint density at radius 3 is 2.29 bits per heavy atom. The molecule has 3 aromatic rings. The molecule has 2 fully saturated rings. The summed E-state index contributed by atoms with van der Waals surface area (Å²) in [5, 5.41) is 4.73. The van der Waals surface area contributed by atoms with Gasteiger partial charge in [-0.1, -0.05) is 39.0 Å². The molecule has 1 amide bonds. The summed E-state index contributed by atoms with van der Waals surface area (Å²) < 4.78 is 14.2. The molecule has 7 heteroatoms. The van der Waals surface area contributed by atoms with Crippen LogP contribution < -0.4 is 9.64 Å². The number of carbonyl (C=O) groups is 1. The van der Waals surface area contributed by atoms with Crippen LogP contribution in [0.15, 0.2) is 54.9 Å². The third-order valence-corrected chi connectivity index (χ3v) is 15.4. The first-order chi connectivity index (χ1) is 21.3. The number of aromatic nitrogens is 2. The Labute approximate surface area is 272 Å². The number of methoxy groups -OCH3 is 1. The molecule has 1 aromatic heterocycles. The van der Waals surface area contributed by atoms with Crippen molar-refractivity contribution in [1.29, 1.82) is 0 Å². The van der Waals surface area contributed by atoms with Gasteiger partial charge in [-0.2, -0.15) is 5.10 Å². The summed E-state index contributed by atoms with van der Waals surface area (Å²) >= 11 is 0. The Morgan fingerprint density at radius 2 is 1.69 bits per heavy atom. The zero-order valence-corrected chi connectivity index (χ0v) is 29.9. The summed E-state index contributed by atoms with van der Waals surface area (Å²) in [4.78, 5) is 16.5. The van der Waals surface area contributed by atoms with Gasteiger partial charge >= 0.3 is 0 Å². The molecular formula is C38H55N3O3Si. The summed E-state index contributed by atoms with van der Waals surface area (Å²) in [6.45, 7) is 16.5. The largest absolute Gasteiger partial charge is 0.496 e. The van der Waals surface area contributed by atoms with Gasteiger partial charge in [-0.15, -0.1) is 0 Å². The van der Waals surface area contributed by atoms with Crippen LogP contribution in [0.2, 0.25) is 18.1 Å². The van der Waals surface area contributed by atoms with E-state index in [0.717, 1.165) is 80.6 Å². The van der Waals surface area contributed by atoms with E-state index in [1.165, 1.54) is 11.1 Å². The summed E-state index contributed by atoms with van der Waals surface area (Å²) in [5.41, 5.74) is 5.71. The molecule has 0 atom stereocenters. The average Bonchev–Trinajstić information content (AvgIpc) is 3.46. The second-order valence-electron chi connectivity index (χ2n) is 15.2. The molecule has 6 nitrogen and oxygen atoms in total. The Balaban J connectivity index is 1.30. The number of rotatable bonds is 9. The van der Waals surface area contributed by atoms with E-state index < -0.39 is 8.32 Å². The lowest BCUT2D eigenvalue weighted by Crippen LogP contribution is -2.46. The molecule has 0 spiro atoms. The Kier molecular flexibility index (Phi) is 10.3. The number of benzene rings is 2. The smallest absolute Gasteiger partial charge is 0.230 e. The van der Waals surface area contributed by atoms with Crippen LogP contribution in [-0.4, -0.2) is 43.8 Å². The lowest BCUT2D eigenvalue weighted by Gasteiger charge is -2.41. The number of carbonyl (C=O) groups excluding carboxylic acids is 1. The van der Waals surface area contributed by atoms with Crippen molar-refractivity contribution in [2.45, 2.75) is 116 Å². The number of amides is 1. The second-order valence-corrected chi connectivity index (χ2v) is 20.0. The van der Waals surface area contributed by atoms with Gasteiger partial charge in [0.2, 0.25) is 5.91 Å². The van der Waals surface area contributed by atoms with E-state index in [2.05, 4.69) is 100 Å². The standard InChI is InChI=1S/C38H55N3O3Si/c1-27-24-39-41(25-27)34-11-9-10-33(23-34)40(37(42)31-16-19-35(20-17-31)44-45(7,8)38(3,4)5)26-29-12-14-30(15-13-29)32-18-21-36(43-6)28(2)22-32/h9-11,18,21-25,29-31,35H,12-17,19-20,26H2,1-8H3/t29-,30-,31-,35-. The van der Waals surface area contributed by atoms with E-state index in [9.17, 15) is 4.79 Å². The first-order valence-electron chi connectivity index (χ1n) is 17.1. The Hall–Kier alpha value is -2.90. The molecule has 2 aromatic carbocycles. The topological polar surface area (TPSA) is 56.6 Å². The molecule has 2 saturated carbocycles. The van der Waals surface area contributed by atoms with Crippen molar-refractivity contribution in [3.63, 3.8) is 0 Å². The molecule has 0 radical (unpaired) electrons. The van der Waals surface area contributed by atoms with Crippen molar-refractivity contribution in [3.05, 3.63) is 71.5 Å². The molecule has 0 aliphatic heterocycles. The van der Waals surface area contributed by atoms with Crippen LogP contribution in [0.5, 0.6) is 5.75 Å². The monoisotopic (exact) mass is 629 g/mol. The van der Waals surface area contributed by atoms with Gasteiger partial charge in [-0.3, -0.25) is 4.79 Å². The zero-order chi connectivity index (χ0) is 32.4. The quantitative estimate of drug-likeness (QED) is 0.221. The van der Waals surface area contributed by atoms with Crippen LogP contribution in [0, 0.1) is 25.7 Å². The van der Waals surface area contributed by atoms with E-state index in [-0.39, 0.29) is 23.0 Å². The molecule has 244 valence electrons. The number of ether oxygens (including phenoxy) is 1. The number of aryl methyl sites for hydroxylation is 2. The minimum absolute atomic E-state index is 0.0403. The fraction of sp³-hybridized carbons (Fsp3) is 0.579. The Morgan fingerprint density at radius 1 is 0.978 bits per heavy atom. The summed E-state index contributed by atoms with van der Waals surface area (Å²) in [6, 6.07) is 15.0. The highest BCUT2D eigenvalue weighted by Crippen LogP contribution is 2.41. The van der Waals surface area contributed by atoms with Crippen LogP contribution >= 0.6 is 0 Å². The molecule has 0 bridgehead atoms. The lowest BCUT2D eigenvalue weighted by atomic mass is 9.78. The molecule has 0 saturated heterocycles. The molecular weight excluding hydrogens is 575 g/mol. The van der Waals surface area contributed by atoms with E-state index in [1.807, 2.05) is 17.1 Å². The van der Waals surface area contributed by atoms with Crippen LogP contribution in [-0.2, 0) is 9.22 Å². The third kappa shape index (κ3) is 7.91. The van der Waals surface area contributed by atoms with Gasteiger partial charge in [0.05, 0.1) is 19.0 Å². The predicted molar refractivity (Wildman–Crippen MR) is 187 cm³/mol. The van der Waals surface area contributed by atoms with Crippen LogP contribution in [0.4, 0.5) is 5.69 Å². The number of anilines is 1. The number of hydrogen-bond donors (Lipinski definition) is 0. The fourth-order valence-corrected chi connectivity index (χ4v) is 8.44. The predicted octanol–water partition coefficient (Wildman–Crippen LogP) is 9.39.